The van der Waals surface area contributed by atoms with E-state index in [0.717, 1.165) is 70.7 Å². The van der Waals surface area contributed by atoms with Crippen LogP contribution in [0.3, 0.4) is 0 Å². The Morgan fingerprint density at radius 3 is 2.24 bits per heavy atom. The molecule has 5 rings (SSSR count). The van der Waals surface area contributed by atoms with Gasteiger partial charge in [0.2, 0.25) is 5.95 Å². The van der Waals surface area contributed by atoms with Gasteiger partial charge in [0.05, 0.1) is 5.52 Å². The van der Waals surface area contributed by atoms with Crippen LogP contribution in [0.5, 0.6) is 5.75 Å². The van der Waals surface area contributed by atoms with Crippen molar-refractivity contribution >= 4 is 38.6 Å². The number of nitrogens with one attached hydrogen (secondary N) is 2. The molecule has 7 heteroatoms. The minimum atomic E-state index is 0.399. The molecule has 0 radical (unpaired) electrons. The van der Waals surface area contributed by atoms with Gasteiger partial charge in [-0.25, -0.2) is 4.98 Å². The average Bonchev–Trinajstić information content (AvgIpc) is 2.92. The summed E-state index contributed by atoms with van der Waals surface area (Å²) in [5.74, 6) is 2.57. The lowest BCUT2D eigenvalue weighted by Crippen LogP contribution is -2.37. The number of fused-ring (bicyclic) bond motifs is 1. The van der Waals surface area contributed by atoms with Gasteiger partial charge in [-0.2, -0.15) is 4.98 Å². The van der Waals surface area contributed by atoms with Gasteiger partial charge in [0.1, 0.15) is 18.2 Å². The number of para-hydroxylation sites is 1. The maximum absolute atomic E-state index is 5.93. The topological polar surface area (TPSA) is 62.3 Å². The smallest absolute Gasteiger partial charge is 0.225 e. The van der Waals surface area contributed by atoms with Gasteiger partial charge in [0.25, 0.3) is 0 Å². The molecule has 4 aromatic rings. The van der Waals surface area contributed by atoms with Crippen molar-refractivity contribution in [2.45, 2.75) is 50.9 Å². The molecule has 6 nitrogen and oxygen atoms in total. The first-order valence-electron chi connectivity index (χ1n) is 12.9. The van der Waals surface area contributed by atoms with Crippen LogP contribution in [0.1, 0.15) is 36.8 Å². The summed E-state index contributed by atoms with van der Waals surface area (Å²) in [5, 5.41) is 8.42. The number of nitrogens with zero attached hydrogens (tertiary/aromatic N) is 3. The lowest BCUT2D eigenvalue weighted by Gasteiger charge is -2.30. The van der Waals surface area contributed by atoms with Gasteiger partial charge in [-0.05, 0) is 73.2 Å². The van der Waals surface area contributed by atoms with Crippen LogP contribution in [-0.2, 0) is 13.2 Å². The van der Waals surface area contributed by atoms with E-state index in [1.54, 1.807) is 0 Å². The molecular formula is C30H34BrN5O. The summed E-state index contributed by atoms with van der Waals surface area (Å²) in [7, 11) is 4.06. The van der Waals surface area contributed by atoms with Crippen LogP contribution in [0.15, 0.2) is 77.3 Å². The van der Waals surface area contributed by atoms with Gasteiger partial charge in [-0.1, -0.05) is 52.3 Å². The maximum Gasteiger partial charge on any atom is 0.225 e. The number of halogens is 1. The van der Waals surface area contributed by atoms with Crippen molar-refractivity contribution in [3.63, 3.8) is 0 Å². The van der Waals surface area contributed by atoms with E-state index in [1.165, 1.54) is 5.56 Å². The Labute approximate surface area is 227 Å². The molecule has 3 aromatic carbocycles. The van der Waals surface area contributed by atoms with Gasteiger partial charge < -0.3 is 20.3 Å². The first kappa shape index (κ1) is 25.5. The second-order valence-corrected chi connectivity index (χ2v) is 10.8. The normalized spacial score (nSPS) is 17.5. The number of anilines is 2. The minimum Gasteiger partial charge on any atom is -0.489 e. The number of aromatic nitrogens is 2. The molecule has 1 heterocycles. The van der Waals surface area contributed by atoms with Crippen molar-refractivity contribution < 1.29 is 4.74 Å². The molecule has 1 aliphatic rings. The zero-order valence-electron chi connectivity index (χ0n) is 21.5. The largest absolute Gasteiger partial charge is 0.489 e. The van der Waals surface area contributed by atoms with Crippen molar-refractivity contribution in [2.24, 2.45) is 0 Å². The number of hydrogen-bond acceptors (Lipinski definition) is 6. The van der Waals surface area contributed by atoms with E-state index in [1.807, 2.05) is 38.4 Å². The number of ether oxygens (including phenoxy) is 1. The summed E-state index contributed by atoms with van der Waals surface area (Å²) >= 11 is 3.47. The van der Waals surface area contributed by atoms with Crippen molar-refractivity contribution in [2.75, 3.05) is 24.3 Å². The van der Waals surface area contributed by atoms with E-state index in [9.17, 15) is 0 Å². The maximum atomic E-state index is 5.93. The van der Waals surface area contributed by atoms with Crippen molar-refractivity contribution in [1.82, 2.24) is 15.3 Å². The molecule has 0 spiro atoms. The van der Waals surface area contributed by atoms with Crippen LogP contribution in [0.25, 0.3) is 10.9 Å². The molecule has 0 unspecified atom stereocenters. The highest BCUT2D eigenvalue weighted by Gasteiger charge is 2.22. The summed E-state index contributed by atoms with van der Waals surface area (Å²) in [4.78, 5) is 11.6. The highest BCUT2D eigenvalue weighted by Crippen LogP contribution is 2.26. The molecule has 1 saturated carbocycles. The lowest BCUT2D eigenvalue weighted by atomic mass is 9.91. The van der Waals surface area contributed by atoms with Crippen LogP contribution in [0.4, 0.5) is 11.8 Å². The van der Waals surface area contributed by atoms with Crippen LogP contribution < -0.4 is 20.3 Å². The molecule has 0 saturated heterocycles. The standard InChI is InChI=1S/C30H34BrN5O/c1-36(2)29-27-5-3-4-6-28(27)34-30(35-29)33-25-15-13-24(14-16-25)32-19-21-9-17-26(18-10-21)37-20-22-7-11-23(31)12-8-22/h3-12,17-18,24-25,32H,13-16,19-20H2,1-2H3,(H,33,34,35)/t24-,25+. The molecule has 0 aliphatic heterocycles. The summed E-state index contributed by atoms with van der Waals surface area (Å²) < 4.78 is 7.01. The molecule has 1 fully saturated rings. The molecule has 0 bridgehead atoms. The second kappa shape index (κ2) is 11.9. The zero-order valence-corrected chi connectivity index (χ0v) is 23.0. The first-order valence-corrected chi connectivity index (χ1v) is 13.7. The van der Waals surface area contributed by atoms with Gasteiger partial charge in [0.15, 0.2) is 0 Å². The molecule has 192 valence electrons. The molecule has 2 N–H and O–H groups in total. The summed E-state index contributed by atoms with van der Waals surface area (Å²) in [6.45, 7) is 1.44. The SMILES string of the molecule is CN(C)c1nc(N[C@H]2CC[C@@H](NCc3ccc(OCc4ccc(Br)cc4)cc3)CC2)nc2ccccc12. The summed E-state index contributed by atoms with van der Waals surface area (Å²) in [6.07, 6.45) is 4.49. The fourth-order valence-corrected chi connectivity index (χ4v) is 5.07. The molecule has 1 aromatic heterocycles. The Balaban J connectivity index is 1.08. The first-order chi connectivity index (χ1) is 18.0. The van der Waals surface area contributed by atoms with Crippen LogP contribution >= 0.6 is 15.9 Å². The van der Waals surface area contributed by atoms with Crippen molar-refractivity contribution in [3.8, 4) is 5.75 Å². The fraction of sp³-hybridized carbons (Fsp3) is 0.333. The summed E-state index contributed by atoms with van der Waals surface area (Å²) in [6, 6.07) is 25.8. The molecular weight excluding hydrogens is 526 g/mol. The quantitative estimate of drug-likeness (QED) is 0.242. The van der Waals surface area contributed by atoms with Crippen LogP contribution in [0.2, 0.25) is 0 Å². The van der Waals surface area contributed by atoms with Crippen molar-refractivity contribution in [1.29, 1.82) is 0 Å². The number of rotatable bonds is 9. The van der Waals surface area contributed by atoms with Gasteiger partial charge >= 0.3 is 0 Å². The highest BCUT2D eigenvalue weighted by molar-refractivity contribution is 9.10. The van der Waals surface area contributed by atoms with E-state index in [4.69, 9.17) is 14.7 Å². The molecule has 0 amide bonds. The van der Waals surface area contributed by atoms with Crippen LogP contribution in [0, 0.1) is 0 Å². The monoisotopic (exact) mass is 559 g/mol. The Hall–Kier alpha value is -3.16. The van der Waals surface area contributed by atoms with E-state index >= 15 is 0 Å². The molecule has 37 heavy (non-hydrogen) atoms. The lowest BCUT2D eigenvalue weighted by molar-refractivity contribution is 0.306. The molecule has 0 atom stereocenters. The second-order valence-electron chi connectivity index (χ2n) is 9.92. The van der Waals surface area contributed by atoms with E-state index in [-0.39, 0.29) is 0 Å². The highest BCUT2D eigenvalue weighted by atomic mass is 79.9. The van der Waals surface area contributed by atoms with Gasteiger partial charge in [-0.15, -0.1) is 0 Å². The Morgan fingerprint density at radius 2 is 1.51 bits per heavy atom. The van der Waals surface area contributed by atoms with Gasteiger partial charge in [-0.3, -0.25) is 0 Å². The third-order valence-corrected chi connectivity index (χ3v) is 7.43. The predicted octanol–water partition coefficient (Wildman–Crippen LogP) is 6.55. The Kier molecular flexibility index (Phi) is 8.21. The van der Waals surface area contributed by atoms with Gasteiger partial charge in [0, 0.05) is 42.6 Å². The third-order valence-electron chi connectivity index (χ3n) is 6.90. The average molecular weight is 561 g/mol. The van der Waals surface area contributed by atoms with E-state index in [2.05, 4.69) is 80.0 Å². The number of benzene rings is 3. The van der Waals surface area contributed by atoms with E-state index < -0.39 is 0 Å². The third kappa shape index (κ3) is 6.79. The Morgan fingerprint density at radius 1 is 0.838 bits per heavy atom. The number of hydrogen-bond donors (Lipinski definition) is 2. The van der Waals surface area contributed by atoms with Crippen LogP contribution in [-0.4, -0.2) is 36.1 Å². The zero-order chi connectivity index (χ0) is 25.6. The fourth-order valence-electron chi connectivity index (χ4n) is 4.80. The summed E-state index contributed by atoms with van der Waals surface area (Å²) in [5.41, 5.74) is 3.41. The van der Waals surface area contributed by atoms with E-state index in [0.29, 0.717) is 18.7 Å². The minimum absolute atomic E-state index is 0.399. The molecule has 1 aliphatic carbocycles. The predicted molar refractivity (Wildman–Crippen MR) is 155 cm³/mol. The van der Waals surface area contributed by atoms with Crippen molar-refractivity contribution in [3.05, 3.63) is 88.4 Å². The Bertz CT molecular complexity index is 1300.